The van der Waals surface area contributed by atoms with Gasteiger partial charge in [-0.1, -0.05) is 30.4 Å². The van der Waals surface area contributed by atoms with Crippen molar-refractivity contribution < 1.29 is 5.11 Å². The van der Waals surface area contributed by atoms with Crippen LogP contribution in [0.25, 0.3) is 5.57 Å². The zero-order valence-electron chi connectivity index (χ0n) is 12.9. The van der Waals surface area contributed by atoms with Crippen molar-refractivity contribution in [1.29, 1.82) is 0 Å². The first kappa shape index (κ1) is 14.0. The number of hydrogen-bond donors (Lipinski definition) is 2. The Bertz CT molecular complexity index is 609. The Balaban J connectivity index is 1.55. The van der Waals surface area contributed by atoms with E-state index in [0.717, 1.165) is 25.9 Å². The molecule has 3 saturated heterocycles. The lowest BCUT2D eigenvalue weighted by molar-refractivity contribution is -0.123. The monoisotopic (exact) mass is 296 g/mol. The van der Waals surface area contributed by atoms with Crippen LogP contribution in [0, 0.1) is 11.8 Å². The smallest absolute Gasteiger partial charge is 0.107 e. The number of aliphatic hydroxyl groups is 1. The van der Waals surface area contributed by atoms with Gasteiger partial charge < -0.3 is 10.4 Å². The highest BCUT2D eigenvalue weighted by molar-refractivity contribution is 5.79. The van der Waals surface area contributed by atoms with E-state index in [1.807, 2.05) is 0 Å². The molecular weight excluding hydrogens is 272 g/mol. The van der Waals surface area contributed by atoms with Gasteiger partial charge in [0.25, 0.3) is 0 Å². The molecule has 2 unspecified atom stereocenters. The maximum absolute atomic E-state index is 10.4. The predicted molar refractivity (Wildman–Crippen MR) is 90.4 cm³/mol. The summed E-state index contributed by atoms with van der Waals surface area (Å²) in [5.41, 5.74) is 3.99. The Morgan fingerprint density at radius 2 is 2.18 bits per heavy atom. The number of benzene rings is 1. The fraction of sp³-hybridized carbons (Fsp3) is 0.474. The predicted octanol–water partition coefficient (Wildman–Crippen LogP) is 3.10. The summed E-state index contributed by atoms with van der Waals surface area (Å²) in [4.78, 5) is 2.30. The van der Waals surface area contributed by atoms with Crippen molar-refractivity contribution in [1.82, 2.24) is 4.90 Å². The lowest BCUT2D eigenvalue weighted by Gasteiger charge is -2.52. The number of para-hydroxylation sites is 1. The molecule has 4 aliphatic rings. The topological polar surface area (TPSA) is 35.5 Å². The molecule has 0 aromatic heterocycles. The first-order chi connectivity index (χ1) is 10.8. The van der Waals surface area contributed by atoms with Crippen molar-refractivity contribution in [3.8, 4) is 0 Å². The highest BCUT2D eigenvalue weighted by Gasteiger charge is 2.43. The quantitative estimate of drug-likeness (QED) is 0.841. The fourth-order valence-corrected chi connectivity index (χ4v) is 4.47. The van der Waals surface area contributed by atoms with E-state index in [4.69, 9.17) is 0 Å². The molecule has 0 spiro atoms. The number of fused-ring (bicyclic) bond motifs is 4. The van der Waals surface area contributed by atoms with Crippen LogP contribution in [-0.2, 0) is 0 Å². The van der Waals surface area contributed by atoms with Gasteiger partial charge >= 0.3 is 0 Å². The Morgan fingerprint density at radius 3 is 3.00 bits per heavy atom. The molecule has 3 heteroatoms. The molecule has 1 aromatic rings. The van der Waals surface area contributed by atoms with Crippen molar-refractivity contribution in [3.63, 3.8) is 0 Å². The average Bonchev–Trinajstić information content (AvgIpc) is 2.55. The molecule has 0 aliphatic carbocycles. The summed E-state index contributed by atoms with van der Waals surface area (Å²) in [6, 6.07) is 9.00. The average molecular weight is 296 g/mol. The van der Waals surface area contributed by atoms with Gasteiger partial charge in [-0.15, -0.1) is 6.58 Å². The van der Waals surface area contributed by atoms with E-state index in [2.05, 4.69) is 53.2 Å². The Labute approximate surface area is 132 Å². The second-order valence-electron chi connectivity index (χ2n) is 6.82. The molecule has 5 atom stereocenters. The molecule has 5 rings (SSSR count). The minimum Gasteiger partial charge on any atom is -0.381 e. The number of rotatable bonds is 3. The molecule has 1 aromatic carbocycles. The first-order valence-electron chi connectivity index (χ1n) is 8.35. The maximum atomic E-state index is 10.4. The van der Waals surface area contributed by atoms with Crippen LogP contribution in [0.15, 0.2) is 43.0 Å². The summed E-state index contributed by atoms with van der Waals surface area (Å²) >= 11 is 0. The van der Waals surface area contributed by atoms with Crippen LogP contribution in [0.4, 0.5) is 5.69 Å². The Kier molecular flexibility index (Phi) is 3.55. The molecule has 3 nitrogen and oxygen atoms in total. The highest BCUT2D eigenvalue weighted by Crippen LogP contribution is 2.43. The minimum absolute atomic E-state index is 0.266. The summed E-state index contributed by atoms with van der Waals surface area (Å²) in [6.45, 7) is 5.84. The van der Waals surface area contributed by atoms with Gasteiger partial charge in [-0.3, -0.25) is 4.90 Å². The van der Waals surface area contributed by atoms with E-state index in [-0.39, 0.29) is 6.23 Å². The largest absolute Gasteiger partial charge is 0.381 e. The summed E-state index contributed by atoms with van der Waals surface area (Å²) in [5.74, 6) is 1.15. The number of nitrogens with zero attached hydrogens (tertiary/aromatic N) is 1. The second-order valence-corrected chi connectivity index (χ2v) is 6.82. The number of aliphatic hydroxyl groups excluding tert-OH is 1. The minimum atomic E-state index is -0.266. The van der Waals surface area contributed by atoms with Crippen molar-refractivity contribution in [2.45, 2.75) is 31.5 Å². The van der Waals surface area contributed by atoms with Gasteiger partial charge in [0.2, 0.25) is 0 Å². The summed E-state index contributed by atoms with van der Waals surface area (Å²) < 4.78 is 0. The lowest BCUT2D eigenvalue weighted by Crippen LogP contribution is -2.58. The fourth-order valence-electron chi connectivity index (χ4n) is 4.47. The molecule has 0 saturated carbocycles. The summed E-state index contributed by atoms with van der Waals surface area (Å²) in [5, 5.41) is 13.8. The van der Waals surface area contributed by atoms with Crippen LogP contribution in [0.1, 0.15) is 24.8 Å². The SMILES string of the molecule is C=C[C@H]1CN2C(O)C[C@H]1C[C@@H]2CC1=CCNc2ccccc21. The maximum Gasteiger partial charge on any atom is 0.107 e. The van der Waals surface area contributed by atoms with E-state index < -0.39 is 0 Å². The van der Waals surface area contributed by atoms with Crippen LogP contribution in [0.5, 0.6) is 0 Å². The van der Waals surface area contributed by atoms with Crippen molar-refractivity contribution in [2.75, 3.05) is 18.4 Å². The number of anilines is 1. The number of hydrogen-bond acceptors (Lipinski definition) is 3. The highest BCUT2D eigenvalue weighted by atomic mass is 16.3. The lowest BCUT2D eigenvalue weighted by atomic mass is 9.73. The normalized spacial score (nSPS) is 36.2. The van der Waals surface area contributed by atoms with Crippen LogP contribution < -0.4 is 5.32 Å². The summed E-state index contributed by atoms with van der Waals surface area (Å²) in [6.07, 6.45) is 7.25. The van der Waals surface area contributed by atoms with Gasteiger partial charge in [-0.2, -0.15) is 0 Å². The van der Waals surface area contributed by atoms with Gasteiger partial charge in [-0.05, 0) is 42.7 Å². The molecule has 2 bridgehead atoms. The van der Waals surface area contributed by atoms with Gasteiger partial charge in [0.15, 0.2) is 0 Å². The van der Waals surface area contributed by atoms with Gasteiger partial charge in [0.1, 0.15) is 6.23 Å². The van der Waals surface area contributed by atoms with E-state index in [1.165, 1.54) is 23.2 Å². The molecular formula is C19H24N2O. The van der Waals surface area contributed by atoms with E-state index in [1.54, 1.807) is 0 Å². The third-order valence-electron chi connectivity index (χ3n) is 5.64. The second kappa shape index (κ2) is 5.56. The molecule has 4 aliphatic heterocycles. The van der Waals surface area contributed by atoms with Crippen molar-refractivity contribution in [3.05, 3.63) is 48.6 Å². The van der Waals surface area contributed by atoms with Crippen LogP contribution in [-0.4, -0.2) is 35.4 Å². The van der Waals surface area contributed by atoms with Gasteiger partial charge in [-0.25, -0.2) is 0 Å². The molecule has 116 valence electrons. The zero-order valence-corrected chi connectivity index (χ0v) is 12.9. The van der Waals surface area contributed by atoms with Crippen LogP contribution in [0.3, 0.4) is 0 Å². The molecule has 3 fully saturated rings. The standard InChI is InChI=1S/C19H24N2O/c1-2-13-12-21-16(10-15(13)11-19(21)22)9-14-7-8-20-18-6-4-3-5-17(14)18/h2-7,13,15-16,19-20,22H,1,8-12H2/t13-,15+,16-,19?/m0/s1. The Hall–Kier alpha value is -1.58. The van der Waals surface area contributed by atoms with Crippen molar-refractivity contribution in [2.24, 2.45) is 11.8 Å². The molecule has 0 radical (unpaired) electrons. The first-order valence-corrected chi connectivity index (χ1v) is 8.35. The number of piperidine rings is 3. The van der Waals surface area contributed by atoms with Crippen molar-refractivity contribution >= 4 is 11.3 Å². The third-order valence-corrected chi connectivity index (χ3v) is 5.64. The van der Waals surface area contributed by atoms with E-state index in [9.17, 15) is 5.11 Å². The third kappa shape index (κ3) is 2.29. The molecule has 2 N–H and O–H groups in total. The van der Waals surface area contributed by atoms with E-state index >= 15 is 0 Å². The molecule has 4 heterocycles. The van der Waals surface area contributed by atoms with Gasteiger partial charge in [0, 0.05) is 30.4 Å². The van der Waals surface area contributed by atoms with Gasteiger partial charge in [0.05, 0.1) is 0 Å². The summed E-state index contributed by atoms with van der Waals surface area (Å²) in [7, 11) is 0. The number of nitrogens with one attached hydrogen (secondary N) is 1. The van der Waals surface area contributed by atoms with E-state index in [0.29, 0.717) is 17.9 Å². The zero-order chi connectivity index (χ0) is 15.1. The van der Waals surface area contributed by atoms with Crippen LogP contribution >= 0.6 is 0 Å². The molecule has 22 heavy (non-hydrogen) atoms. The molecule has 0 amide bonds. The van der Waals surface area contributed by atoms with Crippen LogP contribution in [0.2, 0.25) is 0 Å². The Morgan fingerprint density at radius 1 is 1.32 bits per heavy atom.